The molecule has 1 aliphatic heterocycles. The molecule has 2 aliphatic rings. The lowest BCUT2D eigenvalue weighted by Gasteiger charge is -2.36. The Morgan fingerprint density at radius 1 is 1.23 bits per heavy atom. The summed E-state index contributed by atoms with van der Waals surface area (Å²) in [6, 6.07) is 5.63. The zero-order chi connectivity index (χ0) is 18.5. The molecule has 0 spiro atoms. The maximum Gasteiger partial charge on any atom is 0.254 e. The highest BCUT2D eigenvalue weighted by atomic mass is 16.5. The summed E-state index contributed by atoms with van der Waals surface area (Å²) < 4.78 is 5.33. The topological polar surface area (TPSA) is 53.0 Å². The summed E-state index contributed by atoms with van der Waals surface area (Å²) in [7, 11) is 1.63. The van der Waals surface area contributed by atoms with Gasteiger partial charge < -0.3 is 14.7 Å². The molecule has 1 N–H and O–H groups in total. The van der Waals surface area contributed by atoms with Gasteiger partial charge in [-0.2, -0.15) is 0 Å². The van der Waals surface area contributed by atoms with Gasteiger partial charge in [-0.3, -0.25) is 9.69 Å². The molecule has 2 fully saturated rings. The number of ether oxygens (including phenoxy) is 1. The highest BCUT2D eigenvalue weighted by Crippen LogP contribution is 2.28. The summed E-state index contributed by atoms with van der Waals surface area (Å²) >= 11 is 0. The van der Waals surface area contributed by atoms with Crippen molar-refractivity contribution in [1.82, 2.24) is 9.80 Å². The van der Waals surface area contributed by atoms with Gasteiger partial charge in [0.15, 0.2) is 0 Å². The van der Waals surface area contributed by atoms with Crippen molar-refractivity contribution >= 4 is 5.91 Å². The number of carbonyl (C=O) groups is 1. The van der Waals surface area contributed by atoms with Crippen LogP contribution in [-0.4, -0.2) is 66.8 Å². The van der Waals surface area contributed by atoms with E-state index in [1.807, 2.05) is 30.0 Å². The molecule has 1 amide bonds. The Morgan fingerprint density at radius 2 is 1.92 bits per heavy atom. The molecule has 1 atom stereocenters. The minimum atomic E-state index is -0.235. The molecular formula is C21H32N2O3. The summed E-state index contributed by atoms with van der Waals surface area (Å²) in [6.45, 7) is 5.79. The fraction of sp³-hybridized carbons (Fsp3) is 0.667. The number of β-amino-alcohol motifs (C(OH)–C–C–N with tert-alkyl or cyclic N) is 1. The van der Waals surface area contributed by atoms with Crippen molar-refractivity contribution in [3.05, 3.63) is 29.3 Å². The number of nitrogens with zero attached hydrogens (tertiary/aromatic N) is 2. The van der Waals surface area contributed by atoms with Gasteiger partial charge in [-0.1, -0.05) is 31.7 Å². The second-order valence-electron chi connectivity index (χ2n) is 7.82. The van der Waals surface area contributed by atoms with Crippen molar-refractivity contribution < 1.29 is 14.6 Å². The van der Waals surface area contributed by atoms with Crippen LogP contribution >= 0.6 is 0 Å². The minimum Gasteiger partial charge on any atom is -0.496 e. The van der Waals surface area contributed by atoms with Gasteiger partial charge in [-0.15, -0.1) is 0 Å². The minimum absolute atomic E-state index is 0.0643. The molecule has 1 aromatic rings. The number of amides is 1. The lowest BCUT2D eigenvalue weighted by molar-refractivity contribution is 0.0482. The predicted octanol–water partition coefficient (Wildman–Crippen LogP) is 2.70. The predicted molar refractivity (Wildman–Crippen MR) is 103 cm³/mol. The van der Waals surface area contributed by atoms with Gasteiger partial charge in [-0.25, -0.2) is 0 Å². The van der Waals surface area contributed by atoms with Crippen LogP contribution in [0.5, 0.6) is 5.75 Å². The summed E-state index contributed by atoms with van der Waals surface area (Å²) in [4.78, 5) is 16.9. The van der Waals surface area contributed by atoms with Crippen LogP contribution in [0.4, 0.5) is 0 Å². The molecule has 5 nitrogen and oxygen atoms in total. The molecule has 144 valence electrons. The highest BCUT2D eigenvalue weighted by molar-refractivity contribution is 5.94. The average molecular weight is 360 g/mol. The summed E-state index contributed by atoms with van der Waals surface area (Å²) in [5, 5.41) is 10.4. The molecule has 3 rings (SSSR count). The van der Waals surface area contributed by atoms with Crippen LogP contribution in [0.25, 0.3) is 0 Å². The van der Waals surface area contributed by atoms with Crippen molar-refractivity contribution in [2.45, 2.75) is 45.1 Å². The van der Waals surface area contributed by atoms with E-state index in [1.54, 1.807) is 7.11 Å². The van der Waals surface area contributed by atoms with Crippen molar-refractivity contribution in [2.24, 2.45) is 5.92 Å². The van der Waals surface area contributed by atoms with E-state index in [0.717, 1.165) is 37.4 Å². The van der Waals surface area contributed by atoms with Crippen LogP contribution < -0.4 is 4.74 Å². The molecule has 5 heteroatoms. The Morgan fingerprint density at radius 3 is 2.58 bits per heavy atom. The zero-order valence-electron chi connectivity index (χ0n) is 16.1. The summed E-state index contributed by atoms with van der Waals surface area (Å²) in [5.41, 5.74) is 1.72. The van der Waals surface area contributed by atoms with Crippen molar-refractivity contribution in [3.8, 4) is 5.75 Å². The lowest BCUT2D eigenvalue weighted by Crippen LogP contribution is -2.50. The molecule has 1 aliphatic carbocycles. The van der Waals surface area contributed by atoms with E-state index in [1.165, 1.54) is 25.7 Å². The third-order valence-electron chi connectivity index (χ3n) is 5.86. The van der Waals surface area contributed by atoms with Crippen LogP contribution in [0, 0.1) is 12.8 Å². The van der Waals surface area contributed by atoms with Gasteiger partial charge >= 0.3 is 0 Å². The Hall–Kier alpha value is -1.59. The Kier molecular flexibility index (Phi) is 6.54. The third kappa shape index (κ3) is 4.77. The van der Waals surface area contributed by atoms with Crippen LogP contribution in [0.1, 0.15) is 48.0 Å². The smallest absolute Gasteiger partial charge is 0.254 e. The maximum atomic E-state index is 12.7. The summed E-state index contributed by atoms with van der Waals surface area (Å²) in [5.74, 6) is 1.53. The molecular weight excluding hydrogens is 328 g/mol. The molecule has 0 aromatic heterocycles. The molecule has 1 aromatic carbocycles. The summed E-state index contributed by atoms with van der Waals surface area (Å²) in [6.07, 6.45) is 5.90. The van der Waals surface area contributed by atoms with Crippen LogP contribution in [0.15, 0.2) is 18.2 Å². The van der Waals surface area contributed by atoms with Gasteiger partial charge in [0, 0.05) is 38.3 Å². The number of benzene rings is 1. The van der Waals surface area contributed by atoms with Crippen molar-refractivity contribution in [3.63, 3.8) is 0 Å². The van der Waals surface area contributed by atoms with E-state index in [4.69, 9.17) is 4.74 Å². The molecule has 1 heterocycles. The van der Waals surface area contributed by atoms with E-state index in [0.29, 0.717) is 24.6 Å². The SMILES string of the molecule is COc1cc(C(=O)N2CCN(C[C@H](O)CC3CCCC3)CC2)ccc1C. The maximum absolute atomic E-state index is 12.7. The lowest BCUT2D eigenvalue weighted by atomic mass is 9.99. The number of hydrogen-bond donors (Lipinski definition) is 1. The molecule has 1 saturated heterocycles. The number of aliphatic hydroxyl groups excluding tert-OH is 1. The molecule has 0 unspecified atom stereocenters. The first kappa shape index (κ1) is 19.2. The zero-order valence-corrected chi connectivity index (χ0v) is 16.1. The quantitative estimate of drug-likeness (QED) is 0.847. The van der Waals surface area contributed by atoms with Crippen molar-refractivity contribution in [2.75, 3.05) is 39.8 Å². The number of hydrogen-bond acceptors (Lipinski definition) is 4. The first-order chi connectivity index (χ1) is 12.6. The van der Waals surface area contributed by atoms with Gasteiger partial charge in [-0.05, 0) is 37.0 Å². The number of carbonyl (C=O) groups excluding carboxylic acids is 1. The fourth-order valence-corrected chi connectivity index (χ4v) is 4.27. The van der Waals surface area contributed by atoms with Crippen LogP contribution in [-0.2, 0) is 0 Å². The molecule has 0 radical (unpaired) electrons. The number of piperazine rings is 1. The van der Waals surface area contributed by atoms with Crippen molar-refractivity contribution in [1.29, 1.82) is 0 Å². The van der Waals surface area contributed by atoms with E-state index in [2.05, 4.69) is 4.90 Å². The number of aliphatic hydroxyl groups is 1. The van der Waals surface area contributed by atoms with Gasteiger partial charge in [0.2, 0.25) is 0 Å². The van der Waals surface area contributed by atoms with Crippen LogP contribution in [0.2, 0.25) is 0 Å². The largest absolute Gasteiger partial charge is 0.496 e. The number of rotatable bonds is 6. The Balaban J connectivity index is 1.47. The van der Waals surface area contributed by atoms with E-state index in [-0.39, 0.29) is 12.0 Å². The Bertz CT molecular complexity index is 605. The molecule has 0 bridgehead atoms. The monoisotopic (exact) mass is 360 g/mol. The molecule has 1 saturated carbocycles. The first-order valence-corrected chi connectivity index (χ1v) is 9.91. The van der Waals surface area contributed by atoms with E-state index >= 15 is 0 Å². The van der Waals surface area contributed by atoms with Crippen LogP contribution in [0.3, 0.4) is 0 Å². The number of methoxy groups -OCH3 is 1. The fourth-order valence-electron chi connectivity index (χ4n) is 4.27. The average Bonchev–Trinajstić information content (AvgIpc) is 3.15. The van der Waals surface area contributed by atoms with Gasteiger partial charge in [0.05, 0.1) is 13.2 Å². The highest BCUT2D eigenvalue weighted by Gasteiger charge is 2.25. The standard InChI is InChI=1S/C21H32N2O3/c1-16-7-8-18(14-20(16)26-2)21(25)23-11-9-22(10-12-23)15-19(24)13-17-5-3-4-6-17/h7-8,14,17,19,24H,3-6,9-13,15H2,1-2H3/t19-/m1/s1. The normalized spacial score (nSPS) is 20.3. The number of aryl methyl sites for hydroxylation is 1. The second kappa shape index (κ2) is 8.87. The van der Waals surface area contributed by atoms with Gasteiger partial charge in [0.25, 0.3) is 5.91 Å². The third-order valence-corrected chi connectivity index (χ3v) is 5.86. The molecule has 26 heavy (non-hydrogen) atoms. The second-order valence-corrected chi connectivity index (χ2v) is 7.82. The first-order valence-electron chi connectivity index (χ1n) is 9.91. The van der Waals surface area contributed by atoms with E-state index in [9.17, 15) is 9.90 Å². The van der Waals surface area contributed by atoms with E-state index < -0.39 is 0 Å². The van der Waals surface area contributed by atoms with Gasteiger partial charge in [0.1, 0.15) is 5.75 Å². The Labute approximate surface area is 156 Å².